The minimum atomic E-state index is -1.12. The van der Waals surface area contributed by atoms with Gasteiger partial charge in [0.1, 0.15) is 18.3 Å². The normalized spacial score (nSPS) is 34.8. The number of ether oxygens (including phenoxy) is 5. The molecule has 7 nitrogen and oxygen atoms in total. The van der Waals surface area contributed by atoms with E-state index in [1.807, 2.05) is 30.3 Å². The van der Waals surface area contributed by atoms with Gasteiger partial charge in [-0.05, 0) is 6.92 Å². The summed E-state index contributed by atoms with van der Waals surface area (Å²) in [5, 5.41) is 10.7. The van der Waals surface area contributed by atoms with Gasteiger partial charge in [-0.1, -0.05) is 36.9 Å². The molecular weight excluding hydrogens is 328 g/mol. The first kappa shape index (κ1) is 18.0. The Kier molecular flexibility index (Phi) is 5.51. The summed E-state index contributed by atoms with van der Waals surface area (Å²) >= 11 is 0. The van der Waals surface area contributed by atoms with Crippen molar-refractivity contribution in [3.05, 3.63) is 48.0 Å². The highest BCUT2D eigenvalue weighted by Gasteiger charge is 2.51. The van der Waals surface area contributed by atoms with Crippen LogP contribution in [0.1, 0.15) is 18.8 Å². The van der Waals surface area contributed by atoms with Crippen molar-refractivity contribution in [3.8, 4) is 0 Å². The number of fused-ring (bicyclic) bond motifs is 1. The fourth-order valence-corrected chi connectivity index (χ4v) is 2.89. The van der Waals surface area contributed by atoms with E-state index < -0.39 is 43.0 Å². The highest BCUT2D eigenvalue weighted by molar-refractivity contribution is 5.87. The maximum Gasteiger partial charge on any atom is 0.333 e. The molecule has 2 aliphatic heterocycles. The SMILES string of the molecule is C=C(C)C(=O)O[C@H]1[C@@H](OC)O[C@@H]2COC(c3ccccc3)O[C@H]2[C@@H]1O. The lowest BCUT2D eigenvalue weighted by Gasteiger charge is -2.46. The molecule has 2 fully saturated rings. The Balaban J connectivity index is 1.76. The fraction of sp³-hybridized carbons (Fsp3) is 0.500. The van der Waals surface area contributed by atoms with Crippen LogP contribution in [-0.4, -0.2) is 55.5 Å². The molecule has 2 heterocycles. The Morgan fingerprint density at radius 1 is 1.28 bits per heavy atom. The average Bonchev–Trinajstić information content (AvgIpc) is 2.64. The molecule has 136 valence electrons. The van der Waals surface area contributed by atoms with Crippen LogP contribution < -0.4 is 0 Å². The third-order valence-electron chi connectivity index (χ3n) is 4.21. The molecule has 3 rings (SSSR count). The summed E-state index contributed by atoms with van der Waals surface area (Å²) in [6, 6.07) is 9.39. The summed E-state index contributed by atoms with van der Waals surface area (Å²) in [7, 11) is 1.41. The predicted octanol–water partition coefficient (Wildman–Crippen LogP) is 1.32. The van der Waals surface area contributed by atoms with E-state index in [-0.39, 0.29) is 12.2 Å². The van der Waals surface area contributed by atoms with Crippen molar-refractivity contribution >= 4 is 5.97 Å². The lowest BCUT2D eigenvalue weighted by atomic mass is 9.97. The van der Waals surface area contributed by atoms with Crippen molar-refractivity contribution in [2.75, 3.05) is 13.7 Å². The summed E-state index contributed by atoms with van der Waals surface area (Å²) in [5.41, 5.74) is 1.05. The molecule has 0 aliphatic carbocycles. The Hall–Kier alpha value is -1.77. The molecule has 6 atom stereocenters. The molecule has 0 spiro atoms. The minimum absolute atomic E-state index is 0.222. The van der Waals surface area contributed by atoms with Crippen LogP contribution in [0.3, 0.4) is 0 Å². The third-order valence-corrected chi connectivity index (χ3v) is 4.21. The standard InChI is InChI=1S/C18H22O7/c1-10(2)16(20)24-15-13(19)14-12(23-18(15)21-3)9-22-17(25-14)11-7-5-4-6-8-11/h4-8,12-15,17-19H,1,9H2,2-3H3/t12-,13+,14-,15-,17?,18+/m1/s1. The van der Waals surface area contributed by atoms with Crippen LogP contribution in [0.2, 0.25) is 0 Å². The van der Waals surface area contributed by atoms with Gasteiger partial charge in [0.25, 0.3) is 0 Å². The van der Waals surface area contributed by atoms with E-state index >= 15 is 0 Å². The van der Waals surface area contributed by atoms with Crippen LogP contribution in [0.25, 0.3) is 0 Å². The monoisotopic (exact) mass is 350 g/mol. The molecule has 1 aromatic carbocycles. The molecule has 1 N–H and O–H groups in total. The lowest BCUT2D eigenvalue weighted by molar-refractivity contribution is -0.358. The highest BCUT2D eigenvalue weighted by atomic mass is 16.8. The van der Waals surface area contributed by atoms with Crippen LogP contribution in [0.15, 0.2) is 42.5 Å². The molecule has 0 saturated carbocycles. The van der Waals surface area contributed by atoms with Gasteiger partial charge in [-0.25, -0.2) is 4.79 Å². The molecule has 2 aliphatic rings. The summed E-state index contributed by atoms with van der Waals surface area (Å²) in [4.78, 5) is 11.9. The van der Waals surface area contributed by atoms with E-state index in [1.165, 1.54) is 14.0 Å². The Morgan fingerprint density at radius 3 is 2.64 bits per heavy atom. The topological polar surface area (TPSA) is 83.5 Å². The van der Waals surface area contributed by atoms with Gasteiger partial charge in [0.2, 0.25) is 0 Å². The van der Waals surface area contributed by atoms with Crippen molar-refractivity contribution in [1.82, 2.24) is 0 Å². The van der Waals surface area contributed by atoms with Gasteiger partial charge in [0.05, 0.1) is 6.61 Å². The Morgan fingerprint density at radius 2 is 2.00 bits per heavy atom. The summed E-state index contributed by atoms with van der Waals surface area (Å²) in [6.45, 7) is 5.29. The number of benzene rings is 1. The van der Waals surface area contributed by atoms with Gasteiger partial charge in [0.15, 0.2) is 18.7 Å². The second-order valence-corrected chi connectivity index (χ2v) is 6.10. The van der Waals surface area contributed by atoms with Crippen LogP contribution in [-0.2, 0) is 28.5 Å². The maximum atomic E-state index is 11.9. The van der Waals surface area contributed by atoms with Crippen LogP contribution in [0.4, 0.5) is 0 Å². The molecule has 0 aromatic heterocycles. The average molecular weight is 350 g/mol. The minimum Gasteiger partial charge on any atom is -0.451 e. The van der Waals surface area contributed by atoms with E-state index in [2.05, 4.69) is 6.58 Å². The zero-order valence-electron chi connectivity index (χ0n) is 14.2. The van der Waals surface area contributed by atoms with Gasteiger partial charge in [0, 0.05) is 18.2 Å². The lowest BCUT2D eigenvalue weighted by Crippen LogP contribution is -2.63. The van der Waals surface area contributed by atoms with E-state index in [0.29, 0.717) is 0 Å². The number of carbonyl (C=O) groups excluding carboxylic acids is 1. The predicted molar refractivity (Wildman–Crippen MR) is 86.4 cm³/mol. The first-order valence-corrected chi connectivity index (χ1v) is 8.06. The molecule has 25 heavy (non-hydrogen) atoms. The van der Waals surface area contributed by atoms with E-state index in [4.69, 9.17) is 23.7 Å². The second-order valence-electron chi connectivity index (χ2n) is 6.10. The molecule has 1 aromatic rings. The molecule has 0 radical (unpaired) electrons. The second kappa shape index (κ2) is 7.63. The third kappa shape index (κ3) is 3.75. The number of hydrogen-bond acceptors (Lipinski definition) is 7. The fourth-order valence-electron chi connectivity index (χ4n) is 2.89. The van der Waals surface area contributed by atoms with Crippen molar-refractivity contribution in [3.63, 3.8) is 0 Å². The number of aliphatic hydroxyl groups is 1. The van der Waals surface area contributed by atoms with Crippen molar-refractivity contribution in [2.45, 2.75) is 43.9 Å². The number of methoxy groups -OCH3 is 1. The van der Waals surface area contributed by atoms with E-state index in [0.717, 1.165) is 5.56 Å². The molecule has 0 bridgehead atoms. The van der Waals surface area contributed by atoms with Gasteiger partial charge < -0.3 is 28.8 Å². The molecule has 7 heteroatoms. The van der Waals surface area contributed by atoms with Crippen molar-refractivity contribution < 1.29 is 33.6 Å². The zero-order chi connectivity index (χ0) is 18.0. The quantitative estimate of drug-likeness (QED) is 0.648. The number of aliphatic hydroxyl groups excluding tert-OH is 1. The van der Waals surface area contributed by atoms with Gasteiger partial charge in [-0.15, -0.1) is 0 Å². The van der Waals surface area contributed by atoms with Gasteiger partial charge >= 0.3 is 5.97 Å². The summed E-state index contributed by atoms with van der Waals surface area (Å²) < 4.78 is 27.8. The Labute approximate surface area is 146 Å². The van der Waals surface area contributed by atoms with E-state index in [1.54, 1.807) is 0 Å². The van der Waals surface area contributed by atoms with Crippen molar-refractivity contribution in [2.24, 2.45) is 0 Å². The molecular formula is C18H22O7. The highest BCUT2D eigenvalue weighted by Crippen LogP contribution is 2.35. The van der Waals surface area contributed by atoms with Crippen LogP contribution >= 0.6 is 0 Å². The summed E-state index contributed by atoms with van der Waals surface area (Å²) in [6.07, 6.45) is -4.93. The first-order valence-electron chi connectivity index (χ1n) is 8.06. The van der Waals surface area contributed by atoms with Crippen LogP contribution in [0, 0.1) is 0 Å². The summed E-state index contributed by atoms with van der Waals surface area (Å²) in [5.74, 6) is -0.625. The first-order chi connectivity index (χ1) is 12.0. The smallest absolute Gasteiger partial charge is 0.333 e. The van der Waals surface area contributed by atoms with Crippen LogP contribution in [0.5, 0.6) is 0 Å². The van der Waals surface area contributed by atoms with Gasteiger partial charge in [-0.2, -0.15) is 0 Å². The van der Waals surface area contributed by atoms with Gasteiger partial charge in [-0.3, -0.25) is 0 Å². The molecule has 1 unspecified atom stereocenters. The number of hydrogen-bond donors (Lipinski definition) is 1. The number of carbonyl (C=O) groups is 1. The number of esters is 1. The maximum absolute atomic E-state index is 11.9. The molecule has 0 amide bonds. The zero-order valence-corrected chi connectivity index (χ0v) is 14.2. The Bertz CT molecular complexity index is 617. The number of rotatable bonds is 4. The van der Waals surface area contributed by atoms with Crippen molar-refractivity contribution in [1.29, 1.82) is 0 Å². The molecule has 2 saturated heterocycles. The van der Waals surface area contributed by atoms with E-state index in [9.17, 15) is 9.90 Å². The largest absolute Gasteiger partial charge is 0.451 e.